The second-order valence-corrected chi connectivity index (χ2v) is 8.24. The van der Waals surface area contributed by atoms with Gasteiger partial charge in [-0.05, 0) is 56.3 Å². The molecule has 8 nitrogen and oxygen atoms in total. The zero-order valence-electron chi connectivity index (χ0n) is 19.5. The van der Waals surface area contributed by atoms with Crippen molar-refractivity contribution in [3.63, 3.8) is 0 Å². The fourth-order valence-electron chi connectivity index (χ4n) is 3.74. The van der Waals surface area contributed by atoms with E-state index in [0.29, 0.717) is 46.6 Å². The van der Waals surface area contributed by atoms with E-state index in [-0.39, 0.29) is 43.1 Å². The van der Waals surface area contributed by atoms with Crippen molar-refractivity contribution in [2.24, 2.45) is 0 Å². The Bertz CT molecular complexity index is 1250. The van der Waals surface area contributed by atoms with Gasteiger partial charge in [0.05, 0.1) is 17.3 Å². The molecule has 0 unspecified atom stereocenters. The summed E-state index contributed by atoms with van der Waals surface area (Å²) in [6.07, 6.45) is 0. The van der Waals surface area contributed by atoms with E-state index < -0.39 is 0 Å². The summed E-state index contributed by atoms with van der Waals surface area (Å²) in [5, 5.41) is 0.410. The van der Waals surface area contributed by atoms with Crippen LogP contribution in [0, 0.1) is 0 Å². The summed E-state index contributed by atoms with van der Waals surface area (Å²) >= 11 is 6.09. The van der Waals surface area contributed by atoms with Gasteiger partial charge >= 0.3 is 0 Å². The third kappa shape index (κ3) is 5.33. The second kappa shape index (κ2) is 10.7. The molecule has 2 aromatic carbocycles. The molecule has 3 aromatic rings. The number of carbonyl (C=O) groups is 3. The topological polar surface area (TPSA) is 89.3 Å². The largest absolute Gasteiger partial charge is 0.484 e. The maximum atomic E-state index is 12.8. The predicted molar refractivity (Wildman–Crippen MR) is 130 cm³/mol. The van der Waals surface area contributed by atoms with Gasteiger partial charge in [0.15, 0.2) is 24.8 Å². The quantitative estimate of drug-likeness (QED) is 0.402. The highest BCUT2D eigenvalue weighted by Gasteiger charge is 2.28. The number of fused-ring (bicyclic) bond motifs is 1. The Morgan fingerprint density at radius 1 is 1.09 bits per heavy atom. The molecule has 0 N–H and O–H groups in total. The van der Waals surface area contributed by atoms with Crippen molar-refractivity contribution in [2.45, 2.75) is 20.4 Å². The molecule has 2 amide bonds. The van der Waals surface area contributed by atoms with Gasteiger partial charge in [0.2, 0.25) is 0 Å². The molecule has 0 atom stereocenters. The van der Waals surface area contributed by atoms with E-state index in [9.17, 15) is 14.4 Å². The van der Waals surface area contributed by atoms with Gasteiger partial charge in [-0.1, -0.05) is 23.7 Å². The minimum absolute atomic E-state index is 0.0918. The minimum Gasteiger partial charge on any atom is -0.484 e. The molecule has 4 rings (SSSR count). The van der Waals surface area contributed by atoms with Crippen molar-refractivity contribution in [2.75, 3.05) is 31.2 Å². The fraction of sp³-hybridized carbons (Fsp3) is 0.269. The van der Waals surface area contributed by atoms with Crippen molar-refractivity contribution in [1.29, 1.82) is 0 Å². The number of halogens is 1. The van der Waals surface area contributed by atoms with E-state index in [1.165, 1.54) is 4.90 Å². The molecule has 1 aromatic heterocycles. The van der Waals surface area contributed by atoms with Crippen LogP contribution in [-0.4, -0.2) is 48.8 Å². The van der Waals surface area contributed by atoms with Crippen molar-refractivity contribution in [3.05, 3.63) is 76.7 Å². The van der Waals surface area contributed by atoms with Gasteiger partial charge < -0.3 is 18.8 Å². The van der Waals surface area contributed by atoms with Crippen LogP contribution in [0.15, 0.2) is 59.0 Å². The smallest absolute Gasteiger partial charge is 0.289 e. The van der Waals surface area contributed by atoms with Gasteiger partial charge in [-0.25, -0.2) is 0 Å². The number of amides is 2. The summed E-state index contributed by atoms with van der Waals surface area (Å²) in [4.78, 5) is 41.2. The first-order chi connectivity index (χ1) is 16.9. The lowest BCUT2D eigenvalue weighted by Gasteiger charge is -2.29. The Kier molecular flexibility index (Phi) is 7.41. The third-order valence-electron chi connectivity index (χ3n) is 5.66. The van der Waals surface area contributed by atoms with E-state index in [1.807, 2.05) is 13.8 Å². The van der Waals surface area contributed by atoms with E-state index in [0.717, 1.165) is 0 Å². The maximum absolute atomic E-state index is 12.8. The highest BCUT2D eigenvalue weighted by atomic mass is 35.5. The van der Waals surface area contributed by atoms with Gasteiger partial charge in [0.1, 0.15) is 17.3 Å². The Hall–Kier alpha value is -3.78. The number of ether oxygens (including phenoxy) is 2. The molecule has 0 aliphatic carbocycles. The van der Waals surface area contributed by atoms with E-state index in [4.69, 9.17) is 25.5 Å². The molecule has 1 aliphatic heterocycles. The van der Waals surface area contributed by atoms with Crippen molar-refractivity contribution >= 4 is 34.9 Å². The number of anilines is 1. The van der Waals surface area contributed by atoms with E-state index in [2.05, 4.69) is 0 Å². The van der Waals surface area contributed by atoms with Gasteiger partial charge in [-0.3, -0.25) is 19.3 Å². The number of ketones is 1. The lowest BCUT2D eigenvalue weighted by molar-refractivity contribution is -0.121. The molecule has 0 spiro atoms. The molecule has 0 saturated carbocycles. The van der Waals surface area contributed by atoms with Crippen molar-refractivity contribution in [1.82, 2.24) is 4.90 Å². The number of rotatable bonds is 9. The van der Waals surface area contributed by atoms with Crippen LogP contribution >= 0.6 is 11.6 Å². The molecule has 9 heteroatoms. The standard InChI is InChI=1S/C26H25ClN2O6/c1-3-28(4-2)26(32)24-12-10-18(35-24)14-29-20-13-17(9-11-23(20)34-16-25(29)31)21(30)15-33-22-8-6-5-7-19(22)27/h5-13H,3-4,14-16H2,1-2H3. The molecule has 182 valence electrons. The molecule has 0 saturated heterocycles. The fourth-order valence-corrected chi connectivity index (χ4v) is 3.93. The first-order valence-corrected chi connectivity index (χ1v) is 11.6. The molecular formula is C26H25ClN2O6. The van der Waals surface area contributed by atoms with Gasteiger partial charge in [-0.2, -0.15) is 0 Å². The van der Waals surface area contributed by atoms with Gasteiger partial charge in [-0.15, -0.1) is 0 Å². The SMILES string of the molecule is CCN(CC)C(=O)c1ccc(CN2C(=O)COc3ccc(C(=O)COc4ccccc4Cl)cc32)o1. The molecule has 0 fully saturated rings. The Balaban J connectivity index is 1.52. The zero-order valence-corrected chi connectivity index (χ0v) is 20.2. The number of carbonyl (C=O) groups excluding carboxylic acids is 3. The van der Waals surface area contributed by atoms with Crippen molar-refractivity contribution in [3.8, 4) is 11.5 Å². The normalized spacial score (nSPS) is 12.7. The average Bonchev–Trinajstić information content (AvgIpc) is 3.34. The number of para-hydroxylation sites is 1. The lowest BCUT2D eigenvalue weighted by Crippen LogP contribution is -2.38. The monoisotopic (exact) mass is 496 g/mol. The van der Waals surface area contributed by atoms with Crippen LogP contribution in [0.1, 0.15) is 40.5 Å². The van der Waals surface area contributed by atoms with Crippen LogP contribution in [0.2, 0.25) is 5.02 Å². The zero-order chi connectivity index (χ0) is 24.9. The minimum atomic E-state index is -0.289. The van der Waals surface area contributed by atoms with Crippen LogP contribution in [0.3, 0.4) is 0 Å². The van der Waals surface area contributed by atoms with Crippen LogP contribution < -0.4 is 14.4 Å². The highest BCUT2D eigenvalue weighted by molar-refractivity contribution is 6.32. The highest BCUT2D eigenvalue weighted by Crippen LogP contribution is 2.34. The second-order valence-electron chi connectivity index (χ2n) is 7.84. The predicted octanol–water partition coefficient (Wildman–Crippen LogP) is 4.60. The molecular weight excluding hydrogens is 472 g/mol. The summed E-state index contributed by atoms with van der Waals surface area (Å²) in [7, 11) is 0. The van der Waals surface area contributed by atoms with E-state index >= 15 is 0 Å². The molecule has 0 radical (unpaired) electrons. The number of hydrogen-bond acceptors (Lipinski definition) is 6. The first-order valence-electron chi connectivity index (χ1n) is 11.3. The first kappa shape index (κ1) is 24.3. The number of furan rings is 1. The summed E-state index contributed by atoms with van der Waals surface area (Å²) in [6, 6.07) is 15.0. The van der Waals surface area contributed by atoms with Gasteiger partial charge in [0.25, 0.3) is 11.8 Å². The number of nitrogens with zero attached hydrogens (tertiary/aromatic N) is 2. The Morgan fingerprint density at radius 2 is 1.86 bits per heavy atom. The molecule has 0 bridgehead atoms. The number of hydrogen-bond donors (Lipinski definition) is 0. The Morgan fingerprint density at radius 3 is 2.60 bits per heavy atom. The van der Waals surface area contributed by atoms with E-state index in [1.54, 1.807) is 59.5 Å². The third-order valence-corrected chi connectivity index (χ3v) is 5.97. The number of Topliss-reactive ketones (excluding diaryl/α,β-unsaturated/α-hetero) is 1. The summed E-state index contributed by atoms with van der Waals surface area (Å²) in [5.41, 5.74) is 0.800. The summed E-state index contributed by atoms with van der Waals surface area (Å²) in [6.45, 7) is 4.66. The Labute approximate surface area is 208 Å². The lowest BCUT2D eigenvalue weighted by atomic mass is 10.1. The van der Waals surface area contributed by atoms with Crippen LogP contribution in [0.4, 0.5) is 5.69 Å². The summed E-state index contributed by atoms with van der Waals surface area (Å²) in [5.74, 6) is 0.762. The maximum Gasteiger partial charge on any atom is 0.289 e. The van der Waals surface area contributed by atoms with Crippen LogP contribution in [0.5, 0.6) is 11.5 Å². The molecule has 1 aliphatic rings. The summed E-state index contributed by atoms with van der Waals surface area (Å²) < 4.78 is 16.9. The van der Waals surface area contributed by atoms with Crippen LogP contribution in [0.25, 0.3) is 0 Å². The van der Waals surface area contributed by atoms with Gasteiger partial charge in [0, 0.05) is 18.7 Å². The molecule has 35 heavy (non-hydrogen) atoms. The van der Waals surface area contributed by atoms with Crippen LogP contribution in [-0.2, 0) is 11.3 Å². The molecule has 2 heterocycles. The number of benzene rings is 2. The van der Waals surface area contributed by atoms with Crippen molar-refractivity contribution < 1.29 is 28.3 Å². The average molecular weight is 497 g/mol.